The normalized spacial score (nSPS) is 18.5. The Morgan fingerprint density at radius 3 is 1.40 bits per heavy atom. The molecule has 0 aromatic rings. The molecular weight excluding hydrogens is 416 g/mol. The number of hydrogen-bond donors (Lipinski definition) is 0. The van der Waals surface area contributed by atoms with Gasteiger partial charge in [-0.1, -0.05) is 0 Å². The molecule has 1 amide bonds. The lowest BCUT2D eigenvalue weighted by Crippen LogP contribution is -2.47. The van der Waals surface area contributed by atoms with Crippen LogP contribution in [0.3, 0.4) is 0 Å². The van der Waals surface area contributed by atoms with Crippen LogP contribution in [0.2, 0.25) is 0 Å². The van der Waals surface area contributed by atoms with Gasteiger partial charge in [0.15, 0.2) is 0 Å². The zero-order chi connectivity index (χ0) is 22.5. The first-order valence-electron chi connectivity index (χ1n) is 10.4. The van der Waals surface area contributed by atoms with Crippen molar-refractivity contribution in [2.75, 3.05) is 86.3 Å². The van der Waals surface area contributed by atoms with E-state index in [2.05, 4.69) is 0 Å². The first-order valence-corrected chi connectivity index (χ1v) is 10.8. The number of rotatable bonds is 18. The number of halogens is 1. The van der Waals surface area contributed by atoms with Crippen molar-refractivity contribution in [2.24, 2.45) is 0 Å². The van der Waals surface area contributed by atoms with Crippen molar-refractivity contribution in [3.8, 4) is 0 Å². The molecule has 1 saturated heterocycles. The molecule has 1 fully saturated rings. The van der Waals surface area contributed by atoms with Gasteiger partial charge in [0.25, 0.3) is 0 Å². The van der Waals surface area contributed by atoms with E-state index in [0.717, 1.165) is 0 Å². The zero-order valence-corrected chi connectivity index (χ0v) is 19.9. The van der Waals surface area contributed by atoms with Gasteiger partial charge in [0.1, 0.15) is 11.2 Å². The van der Waals surface area contributed by atoms with Crippen LogP contribution in [0.15, 0.2) is 0 Å². The fourth-order valence-corrected chi connectivity index (χ4v) is 3.27. The fraction of sp³-hybridized carbons (Fsp3) is 0.950. The molecule has 1 aliphatic heterocycles. The summed E-state index contributed by atoms with van der Waals surface area (Å²) in [6.07, 6.45) is 0. The van der Waals surface area contributed by atoms with E-state index >= 15 is 0 Å². The molecule has 178 valence electrons. The minimum atomic E-state index is -0.725. The third kappa shape index (κ3) is 8.92. The number of amides is 1. The van der Waals surface area contributed by atoms with E-state index in [-0.39, 0.29) is 5.91 Å². The predicted molar refractivity (Wildman–Crippen MR) is 114 cm³/mol. The zero-order valence-electron chi connectivity index (χ0n) is 19.1. The van der Waals surface area contributed by atoms with Gasteiger partial charge in [-0.25, -0.2) is 0 Å². The average molecular weight is 455 g/mol. The fourth-order valence-electron chi connectivity index (χ4n) is 3.11. The predicted octanol–water partition coefficient (Wildman–Crippen LogP) is 1.53. The van der Waals surface area contributed by atoms with Crippen LogP contribution in [0, 0.1) is 0 Å². The van der Waals surface area contributed by atoms with Crippen LogP contribution in [0.1, 0.15) is 27.7 Å². The molecule has 0 radical (unpaired) electrons. The summed E-state index contributed by atoms with van der Waals surface area (Å²) in [5.41, 5.74) is -1.28. The molecular formula is C20H39ClN2O7. The number of methoxy groups -OCH3 is 1. The monoisotopic (exact) mass is 454 g/mol. The SMILES string of the molecule is COCCOCCOCCOCCOCCOCCN1C(=O)C(C)(C)N(Cl)C1(C)C. The minimum absolute atomic E-state index is 0.00194. The van der Waals surface area contributed by atoms with Gasteiger partial charge in [0, 0.05) is 13.7 Å². The first kappa shape index (κ1) is 27.5. The highest BCUT2D eigenvalue weighted by Crippen LogP contribution is 2.39. The van der Waals surface area contributed by atoms with Crippen LogP contribution in [0.4, 0.5) is 0 Å². The van der Waals surface area contributed by atoms with Crippen molar-refractivity contribution < 1.29 is 33.2 Å². The molecule has 0 N–H and O–H groups in total. The van der Waals surface area contributed by atoms with Crippen LogP contribution < -0.4 is 0 Å². The highest BCUT2D eigenvalue weighted by atomic mass is 35.5. The van der Waals surface area contributed by atoms with Crippen molar-refractivity contribution in [1.82, 2.24) is 9.32 Å². The molecule has 0 aromatic carbocycles. The maximum Gasteiger partial charge on any atom is 0.245 e. The van der Waals surface area contributed by atoms with E-state index in [1.165, 1.54) is 0 Å². The Balaban J connectivity index is 1.91. The quantitative estimate of drug-likeness (QED) is 0.228. The Hall–Kier alpha value is -0.520. The van der Waals surface area contributed by atoms with E-state index < -0.39 is 11.2 Å². The highest BCUT2D eigenvalue weighted by molar-refractivity contribution is 6.17. The van der Waals surface area contributed by atoms with Crippen LogP contribution in [-0.4, -0.2) is 113 Å². The molecule has 1 aliphatic rings. The number of nitrogens with zero attached hydrogens (tertiary/aromatic N) is 2. The Labute approximate surface area is 185 Å². The smallest absolute Gasteiger partial charge is 0.245 e. The summed E-state index contributed by atoms with van der Waals surface area (Å²) in [5.74, 6) is 0.00194. The third-order valence-corrected chi connectivity index (χ3v) is 5.62. The van der Waals surface area contributed by atoms with Crippen molar-refractivity contribution in [2.45, 2.75) is 38.9 Å². The Kier molecular flexibility index (Phi) is 13.3. The van der Waals surface area contributed by atoms with Crippen molar-refractivity contribution in [3.63, 3.8) is 0 Å². The molecule has 0 atom stereocenters. The highest BCUT2D eigenvalue weighted by Gasteiger charge is 2.55. The van der Waals surface area contributed by atoms with Gasteiger partial charge in [-0.2, -0.15) is 4.42 Å². The van der Waals surface area contributed by atoms with Crippen LogP contribution in [0.5, 0.6) is 0 Å². The van der Waals surface area contributed by atoms with Gasteiger partial charge in [0.2, 0.25) is 5.91 Å². The summed E-state index contributed by atoms with van der Waals surface area (Å²) in [6, 6.07) is 0. The van der Waals surface area contributed by atoms with E-state index in [4.69, 9.17) is 40.2 Å². The Morgan fingerprint density at radius 2 is 1.07 bits per heavy atom. The Bertz CT molecular complexity index is 480. The van der Waals surface area contributed by atoms with Gasteiger partial charge in [-0.05, 0) is 39.5 Å². The van der Waals surface area contributed by atoms with Crippen LogP contribution >= 0.6 is 11.8 Å². The molecule has 9 nitrogen and oxygen atoms in total. The van der Waals surface area contributed by atoms with E-state index in [9.17, 15) is 4.79 Å². The molecule has 0 unspecified atom stereocenters. The summed E-state index contributed by atoms with van der Waals surface area (Å²) in [7, 11) is 1.64. The topological polar surface area (TPSA) is 78.9 Å². The maximum absolute atomic E-state index is 12.5. The molecule has 0 bridgehead atoms. The van der Waals surface area contributed by atoms with Gasteiger partial charge < -0.3 is 33.3 Å². The summed E-state index contributed by atoms with van der Waals surface area (Å²) in [4.78, 5) is 14.3. The summed E-state index contributed by atoms with van der Waals surface area (Å²) in [5, 5.41) is 0. The Morgan fingerprint density at radius 1 is 0.700 bits per heavy atom. The average Bonchev–Trinajstić information content (AvgIpc) is 2.82. The largest absolute Gasteiger partial charge is 0.382 e. The summed E-state index contributed by atoms with van der Waals surface area (Å²) < 4.78 is 33.6. The van der Waals surface area contributed by atoms with Gasteiger partial charge in [0.05, 0.1) is 72.7 Å². The summed E-state index contributed by atoms with van der Waals surface area (Å²) >= 11 is 6.35. The summed E-state index contributed by atoms with van der Waals surface area (Å²) in [6.45, 7) is 13.7. The molecule has 1 rings (SSSR count). The van der Waals surface area contributed by atoms with Crippen LogP contribution in [0.25, 0.3) is 0 Å². The second-order valence-electron chi connectivity index (χ2n) is 7.85. The van der Waals surface area contributed by atoms with Crippen molar-refractivity contribution >= 4 is 17.7 Å². The molecule has 0 saturated carbocycles. The number of hydrogen-bond acceptors (Lipinski definition) is 8. The van der Waals surface area contributed by atoms with E-state index in [1.807, 2.05) is 27.7 Å². The molecule has 30 heavy (non-hydrogen) atoms. The molecule has 0 aromatic heterocycles. The molecule has 0 aliphatic carbocycles. The lowest BCUT2D eigenvalue weighted by atomic mass is 10.1. The van der Waals surface area contributed by atoms with Crippen molar-refractivity contribution in [1.29, 1.82) is 0 Å². The second kappa shape index (κ2) is 14.5. The van der Waals surface area contributed by atoms with Crippen molar-refractivity contribution in [3.05, 3.63) is 0 Å². The van der Waals surface area contributed by atoms with Gasteiger partial charge in [-0.15, -0.1) is 0 Å². The lowest BCUT2D eigenvalue weighted by Gasteiger charge is -2.35. The number of carbonyl (C=O) groups is 1. The van der Waals surface area contributed by atoms with Gasteiger partial charge >= 0.3 is 0 Å². The standard InChI is InChI=1S/C20H39ClN2O7/c1-19(2)18(24)22(20(3,4)23(19)21)6-7-26-10-11-28-14-15-30-17-16-29-13-12-27-9-8-25-5/h6-17H2,1-5H3. The molecule has 10 heteroatoms. The van der Waals surface area contributed by atoms with E-state index in [0.29, 0.717) is 79.2 Å². The third-order valence-electron chi connectivity index (χ3n) is 4.78. The molecule has 0 spiro atoms. The maximum atomic E-state index is 12.5. The number of carbonyl (C=O) groups excluding carboxylic acids is 1. The molecule has 1 heterocycles. The number of ether oxygens (including phenoxy) is 6. The first-order chi connectivity index (χ1) is 14.3. The minimum Gasteiger partial charge on any atom is -0.382 e. The second-order valence-corrected chi connectivity index (χ2v) is 8.18. The van der Waals surface area contributed by atoms with Gasteiger partial charge in [-0.3, -0.25) is 4.79 Å². The van der Waals surface area contributed by atoms with Crippen LogP contribution in [-0.2, 0) is 33.2 Å². The lowest BCUT2D eigenvalue weighted by molar-refractivity contribution is -0.134. The van der Waals surface area contributed by atoms with E-state index in [1.54, 1.807) is 16.4 Å².